The second-order valence-electron chi connectivity index (χ2n) is 3.57. The maximum absolute atomic E-state index is 11.5. The minimum absolute atomic E-state index is 0.00838. The molecule has 1 amide bonds. The molecule has 0 bridgehead atoms. The molecule has 0 aromatic rings. The van der Waals surface area contributed by atoms with Gasteiger partial charge in [0.15, 0.2) is 0 Å². The van der Waals surface area contributed by atoms with Crippen LogP contribution in [0, 0.1) is 7.05 Å². The van der Waals surface area contributed by atoms with Crippen molar-refractivity contribution in [2.45, 2.75) is 39.2 Å². The number of carbonyl (C=O) groups is 1. The quantitative estimate of drug-likeness (QED) is 0.614. The molecule has 0 saturated heterocycles. The van der Waals surface area contributed by atoms with Crippen molar-refractivity contribution in [3.63, 3.8) is 0 Å². The third-order valence-electron chi connectivity index (χ3n) is 1.96. The Kier molecular flexibility index (Phi) is 2.22. The smallest absolute Gasteiger partial charge is 0.255 e. The molecule has 0 aromatic heterocycles. The lowest BCUT2D eigenvalue weighted by molar-refractivity contribution is -0.128. The topological polar surface area (TPSA) is 32.7 Å². The van der Waals surface area contributed by atoms with Gasteiger partial charge in [-0.3, -0.25) is 14.7 Å². The zero-order valence-electron chi connectivity index (χ0n) is 7.92. The molecular weight excluding hydrogens is 152 g/mol. The second kappa shape index (κ2) is 2.88. The lowest BCUT2D eigenvalue weighted by Gasteiger charge is -2.14. The van der Waals surface area contributed by atoms with Gasteiger partial charge in [0.2, 0.25) is 0 Å². The number of nitrogens with zero attached hydrogens (tertiary/aromatic N) is 2. The van der Waals surface area contributed by atoms with Crippen molar-refractivity contribution in [2.75, 3.05) is 0 Å². The van der Waals surface area contributed by atoms with E-state index >= 15 is 0 Å². The number of rotatable bonds is 2. The molecule has 0 fully saturated rings. The fourth-order valence-corrected chi connectivity index (χ4v) is 1.29. The maximum Gasteiger partial charge on any atom is 0.255 e. The highest BCUT2D eigenvalue weighted by molar-refractivity contribution is 6.07. The van der Waals surface area contributed by atoms with Crippen molar-refractivity contribution in [3.05, 3.63) is 7.05 Å². The van der Waals surface area contributed by atoms with Gasteiger partial charge in [-0.25, -0.2) is 0 Å². The van der Waals surface area contributed by atoms with Gasteiger partial charge < -0.3 is 0 Å². The molecule has 1 radical (unpaired) electrons. The Morgan fingerprint density at radius 2 is 2.17 bits per heavy atom. The molecule has 0 saturated carbocycles. The van der Waals surface area contributed by atoms with Crippen LogP contribution in [-0.4, -0.2) is 22.2 Å². The first kappa shape index (κ1) is 9.23. The molecule has 1 rings (SSSR count). The summed E-state index contributed by atoms with van der Waals surface area (Å²) in [5, 5.41) is 0. The molecule has 0 unspecified atom stereocenters. The highest BCUT2D eigenvalue weighted by Crippen LogP contribution is 2.22. The summed E-state index contributed by atoms with van der Waals surface area (Å²) in [6, 6.07) is 0. The van der Waals surface area contributed by atoms with E-state index in [4.69, 9.17) is 0 Å². The number of amidine groups is 1. The highest BCUT2D eigenvalue weighted by Gasteiger charge is 2.38. The van der Waals surface area contributed by atoms with Crippen molar-refractivity contribution in [2.24, 2.45) is 4.99 Å². The van der Waals surface area contributed by atoms with Crippen molar-refractivity contribution in [1.82, 2.24) is 4.90 Å². The van der Waals surface area contributed by atoms with E-state index in [2.05, 4.69) is 19.0 Å². The van der Waals surface area contributed by atoms with Gasteiger partial charge in [0.05, 0.1) is 0 Å². The first-order valence-electron chi connectivity index (χ1n) is 4.23. The van der Waals surface area contributed by atoms with Crippen molar-refractivity contribution in [3.8, 4) is 0 Å². The molecule has 67 valence electrons. The molecule has 0 N–H and O–H groups in total. The monoisotopic (exact) mass is 167 g/mol. The van der Waals surface area contributed by atoms with Gasteiger partial charge in [-0.05, 0) is 20.3 Å². The third kappa shape index (κ3) is 1.36. The van der Waals surface area contributed by atoms with Gasteiger partial charge in [0, 0.05) is 13.5 Å². The van der Waals surface area contributed by atoms with Crippen LogP contribution < -0.4 is 0 Å². The average Bonchev–Trinajstić information content (AvgIpc) is 2.16. The van der Waals surface area contributed by atoms with E-state index in [-0.39, 0.29) is 5.91 Å². The molecule has 3 nitrogen and oxygen atoms in total. The summed E-state index contributed by atoms with van der Waals surface area (Å²) in [6.07, 6.45) is 1.83. The number of aliphatic imine (C=N–C) groups is 1. The first-order chi connectivity index (χ1) is 5.49. The number of hydrogen-bond acceptors (Lipinski definition) is 2. The Morgan fingerprint density at radius 3 is 2.50 bits per heavy atom. The molecule has 1 heterocycles. The fourth-order valence-electron chi connectivity index (χ4n) is 1.29. The van der Waals surface area contributed by atoms with E-state index in [1.165, 1.54) is 4.90 Å². The molecule has 0 aliphatic carbocycles. The molecular formula is C9H15N2O. The van der Waals surface area contributed by atoms with Crippen LogP contribution in [0.25, 0.3) is 0 Å². The van der Waals surface area contributed by atoms with E-state index in [1.54, 1.807) is 0 Å². The predicted molar refractivity (Wildman–Crippen MR) is 48.6 cm³/mol. The molecule has 12 heavy (non-hydrogen) atoms. The largest absolute Gasteiger partial charge is 0.297 e. The van der Waals surface area contributed by atoms with Crippen LogP contribution in [0.15, 0.2) is 4.99 Å². The summed E-state index contributed by atoms with van der Waals surface area (Å²) in [6.45, 7) is 5.69. The van der Waals surface area contributed by atoms with Gasteiger partial charge in [-0.15, -0.1) is 0 Å². The van der Waals surface area contributed by atoms with Crippen molar-refractivity contribution >= 4 is 11.7 Å². The zero-order chi connectivity index (χ0) is 9.35. The van der Waals surface area contributed by atoms with Gasteiger partial charge in [-0.1, -0.05) is 6.92 Å². The molecule has 3 heteroatoms. The molecule has 0 spiro atoms. The van der Waals surface area contributed by atoms with Crippen LogP contribution in [0.1, 0.15) is 33.6 Å². The second-order valence-corrected chi connectivity index (χ2v) is 3.57. The normalized spacial score (nSPS) is 21.5. The van der Waals surface area contributed by atoms with E-state index in [9.17, 15) is 4.79 Å². The van der Waals surface area contributed by atoms with Crippen LogP contribution in [0.4, 0.5) is 0 Å². The van der Waals surface area contributed by atoms with Crippen molar-refractivity contribution in [1.29, 1.82) is 0 Å². The average molecular weight is 167 g/mol. The summed E-state index contributed by atoms with van der Waals surface area (Å²) in [7, 11) is 3.67. The van der Waals surface area contributed by atoms with Gasteiger partial charge in [0.1, 0.15) is 11.4 Å². The Labute approximate surface area is 73.5 Å². The lowest BCUT2D eigenvalue weighted by Crippen LogP contribution is -2.34. The SMILES string of the molecule is [CH2]N1C(=O)C(C)(C)N=C1CCC. The van der Waals surface area contributed by atoms with Gasteiger partial charge in [-0.2, -0.15) is 0 Å². The maximum atomic E-state index is 11.5. The van der Waals surface area contributed by atoms with Gasteiger partial charge >= 0.3 is 0 Å². The summed E-state index contributed by atoms with van der Waals surface area (Å²) in [5.41, 5.74) is -0.591. The zero-order valence-corrected chi connectivity index (χ0v) is 7.92. The molecule has 1 aliphatic heterocycles. The summed E-state index contributed by atoms with van der Waals surface area (Å²) in [5.74, 6) is 0.804. The third-order valence-corrected chi connectivity index (χ3v) is 1.96. The van der Waals surface area contributed by atoms with Crippen LogP contribution in [-0.2, 0) is 4.79 Å². The van der Waals surface area contributed by atoms with E-state index in [1.807, 2.05) is 13.8 Å². The number of carbonyl (C=O) groups excluding carboxylic acids is 1. The predicted octanol–water partition coefficient (Wildman–Crippen LogP) is 1.60. The van der Waals surface area contributed by atoms with Gasteiger partial charge in [0.25, 0.3) is 5.91 Å². The Bertz CT molecular complexity index is 231. The molecule has 0 aromatic carbocycles. The molecule has 0 atom stereocenters. The lowest BCUT2D eigenvalue weighted by atomic mass is 10.1. The van der Waals surface area contributed by atoms with Crippen LogP contribution in [0.2, 0.25) is 0 Å². The van der Waals surface area contributed by atoms with Crippen LogP contribution >= 0.6 is 0 Å². The fraction of sp³-hybridized carbons (Fsp3) is 0.667. The first-order valence-corrected chi connectivity index (χ1v) is 4.23. The minimum atomic E-state index is -0.591. The summed E-state index contributed by atoms with van der Waals surface area (Å²) >= 11 is 0. The van der Waals surface area contributed by atoms with E-state index < -0.39 is 5.54 Å². The van der Waals surface area contributed by atoms with Crippen LogP contribution in [0.5, 0.6) is 0 Å². The van der Waals surface area contributed by atoms with Crippen LogP contribution in [0.3, 0.4) is 0 Å². The summed E-state index contributed by atoms with van der Waals surface area (Å²) in [4.78, 5) is 17.2. The number of amides is 1. The Hall–Kier alpha value is -0.860. The Morgan fingerprint density at radius 1 is 1.58 bits per heavy atom. The van der Waals surface area contributed by atoms with E-state index in [0.29, 0.717) is 0 Å². The van der Waals surface area contributed by atoms with E-state index in [0.717, 1.165) is 18.7 Å². The standard InChI is InChI=1S/C9H15N2O/c1-5-6-7-10-9(2,3)8(12)11(7)4/h4-6H2,1-3H3. The number of hydrogen-bond donors (Lipinski definition) is 0. The summed E-state index contributed by atoms with van der Waals surface area (Å²) < 4.78 is 0. The Balaban J connectivity index is 2.84. The minimum Gasteiger partial charge on any atom is -0.297 e. The molecule has 1 aliphatic rings. The van der Waals surface area contributed by atoms with Crippen molar-refractivity contribution < 1.29 is 4.79 Å². The highest BCUT2D eigenvalue weighted by atomic mass is 16.2.